The molecule has 1 aliphatic rings. The van der Waals surface area contributed by atoms with Gasteiger partial charge in [-0.1, -0.05) is 16.8 Å². The Hall–Kier alpha value is -3.47. The Morgan fingerprint density at radius 3 is 2.73 bits per heavy atom. The average molecular weight is 524 g/mol. The number of aliphatic hydroxyl groups is 1. The zero-order valence-corrected chi connectivity index (χ0v) is 22.3. The molecule has 3 aromatic heterocycles. The molecule has 0 fully saturated rings. The Labute approximate surface area is 220 Å². The number of H-pyrrole nitrogens is 1. The molecule has 194 valence electrons. The molecule has 3 N–H and O–H groups in total. The highest BCUT2D eigenvalue weighted by Crippen LogP contribution is 2.39. The van der Waals surface area contributed by atoms with Crippen LogP contribution in [0.2, 0.25) is 5.02 Å². The number of nitrogens with one attached hydrogen (secondary N) is 2. The SMILES string of the molecule is CNCC(O)COc1ccc(Cl)c(-c2nc(-c3c(C)noc3C)c(C)c(N3Cc4n[nH]c(C)c4C3)n2)c1. The zero-order chi connectivity index (χ0) is 26.3. The van der Waals surface area contributed by atoms with Gasteiger partial charge in [-0.2, -0.15) is 5.10 Å². The lowest BCUT2D eigenvalue weighted by molar-refractivity contribution is 0.108. The summed E-state index contributed by atoms with van der Waals surface area (Å²) in [4.78, 5) is 12.2. The second-order valence-electron chi connectivity index (χ2n) is 9.34. The number of likely N-dealkylation sites (N-methyl/N-ethyl adjacent to an activating group) is 1. The minimum atomic E-state index is -0.637. The normalized spacial score (nSPS) is 13.8. The van der Waals surface area contributed by atoms with Crippen LogP contribution in [0.3, 0.4) is 0 Å². The number of rotatable bonds is 8. The van der Waals surface area contributed by atoms with Gasteiger partial charge in [0.25, 0.3) is 0 Å². The minimum absolute atomic E-state index is 0.143. The third-order valence-corrected chi connectivity index (χ3v) is 6.93. The van der Waals surface area contributed by atoms with Gasteiger partial charge in [-0.25, -0.2) is 9.97 Å². The summed E-state index contributed by atoms with van der Waals surface area (Å²) in [5.41, 5.74) is 7.15. The number of aromatic amines is 1. The monoisotopic (exact) mass is 523 g/mol. The summed E-state index contributed by atoms with van der Waals surface area (Å²) < 4.78 is 11.3. The van der Waals surface area contributed by atoms with Gasteiger partial charge in [0.1, 0.15) is 30.0 Å². The van der Waals surface area contributed by atoms with Gasteiger partial charge in [0.05, 0.1) is 34.2 Å². The molecule has 5 rings (SSSR count). The van der Waals surface area contributed by atoms with Crippen LogP contribution < -0.4 is 15.0 Å². The van der Waals surface area contributed by atoms with Gasteiger partial charge in [-0.15, -0.1) is 0 Å². The van der Waals surface area contributed by atoms with Crippen LogP contribution in [-0.4, -0.2) is 56.7 Å². The summed E-state index contributed by atoms with van der Waals surface area (Å²) in [6.45, 7) is 9.72. The first kappa shape index (κ1) is 25.2. The molecule has 0 bridgehead atoms. The Balaban J connectivity index is 1.60. The number of aliphatic hydroxyl groups excluding tert-OH is 1. The highest BCUT2D eigenvalue weighted by Gasteiger charge is 2.29. The number of hydrogen-bond acceptors (Lipinski definition) is 9. The highest BCUT2D eigenvalue weighted by atomic mass is 35.5. The zero-order valence-electron chi connectivity index (χ0n) is 21.5. The van der Waals surface area contributed by atoms with E-state index in [-0.39, 0.29) is 6.61 Å². The summed E-state index contributed by atoms with van der Waals surface area (Å²) in [5.74, 6) is 2.51. The fourth-order valence-corrected chi connectivity index (χ4v) is 4.87. The van der Waals surface area contributed by atoms with Crippen molar-refractivity contribution in [3.05, 3.63) is 57.2 Å². The van der Waals surface area contributed by atoms with Crippen molar-refractivity contribution in [2.24, 2.45) is 0 Å². The van der Waals surface area contributed by atoms with Gasteiger partial charge >= 0.3 is 0 Å². The van der Waals surface area contributed by atoms with Crippen LogP contribution in [-0.2, 0) is 13.1 Å². The van der Waals surface area contributed by atoms with Crippen molar-refractivity contribution in [2.75, 3.05) is 25.1 Å². The quantitative estimate of drug-likeness (QED) is 0.315. The van der Waals surface area contributed by atoms with Gasteiger partial charge in [0.2, 0.25) is 0 Å². The number of benzene rings is 1. The van der Waals surface area contributed by atoms with Crippen molar-refractivity contribution in [1.29, 1.82) is 0 Å². The largest absolute Gasteiger partial charge is 0.491 e. The van der Waals surface area contributed by atoms with Gasteiger partial charge in [0.15, 0.2) is 5.82 Å². The second kappa shape index (κ2) is 10.1. The Bertz CT molecular complexity index is 1430. The van der Waals surface area contributed by atoms with Gasteiger partial charge < -0.3 is 24.6 Å². The molecule has 0 saturated heterocycles. The van der Waals surface area contributed by atoms with E-state index in [4.69, 9.17) is 30.8 Å². The summed E-state index contributed by atoms with van der Waals surface area (Å²) >= 11 is 6.66. The Morgan fingerprint density at radius 2 is 2.03 bits per heavy atom. The number of hydrogen-bond donors (Lipinski definition) is 3. The average Bonchev–Trinajstić information content (AvgIpc) is 3.55. The molecule has 1 aromatic carbocycles. The molecule has 10 nitrogen and oxygen atoms in total. The molecule has 0 amide bonds. The summed E-state index contributed by atoms with van der Waals surface area (Å²) in [5, 5.41) is 25.1. The van der Waals surface area contributed by atoms with Crippen molar-refractivity contribution in [3.8, 4) is 28.4 Å². The van der Waals surface area contributed by atoms with Crippen LogP contribution in [0.4, 0.5) is 5.82 Å². The van der Waals surface area contributed by atoms with E-state index in [9.17, 15) is 5.11 Å². The lowest BCUT2D eigenvalue weighted by Gasteiger charge is -2.22. The van der Waals surface area contributed by atoms with Crippen LogP contribution in [0, 0.1) is 27.7 Å². The summed E-state index contributed by atoms with van der Waals surface area (Å²) in [6, 6.07) is 5.33. The van der Waals surface area contributed by atoms with Crippen molar-refractivity contribution < 1.29 is 14.4 Å². The maximum atomic E-state index is 10.0. The summed E-state index contributed by atoms with van der Waals surface area (Å²) in [7, 11) is 1.78. The van der Waals surface area contributed by atoms with E-state index in [2.05, 4.69) is 25.6 Å². The van der Waals surface area contributed by atoms with Gasteiger partial charge in [-0.05, 0) is 52.9 Å². The van der Waals surface area contributed by atoms with Crippen molar-refractivity contribution in [3.63, 3.8) is 0 Å². The maximum Gasteiger partial charge on any atom is 0.163 e. The third-order valence-electron chi connectivity index (χ3n) is 6.60. The number of nitrogens with zero attached hydrogens (tertiary/aromatic N) is 5. The van der Waals surface area contributed by atoms with E-state index in [1.807, 2.05) is 27.7 Å². The molecule has 4 heterocycles. The Morgan fingerprint density at radius 1 is 1.22 bits per heavy atom. The molecule has 37 heavy (non-hydrogen) atoms. The van der Waals surface area contributed by atoms with E-state index >= 15 is 0 Å². The van der Waals surface area contributed by atoms with Crippen LogP contribution in [0.5, 0.6) is 5.75 Å². The molecule has 0 radical (unpaired) electrons. The molecule has 1 atom stereocenters. The van der Waals surface area contributed by atoms with E-state index in [0.29, 0.717) is 47.6 Å². The second-order valence-corrected chi connectivity index (χ2v) is 9.74. The lowest BCUT2D eigenvalue weighted by atomic mass is 10.0. The highest BCUT2D eigenvalue weighted by molar-refractivity contribution is 6.33. The van der Waals surface area contributed by atoms with Crippen LogP contribution in [0.25, 0.3) is 22.6 Å². The van der Waals surface area contributed by atoms with E-state index in [1.165, 1.54) is 5.56 Å². The van der Waals surface area contributed by atoms with E-state index in [1.54, 1.807) is 25.2 Å². The van der Waals surface area contributed by atoms with Gasteiger partial charge in [-0.3, -0.25) is 5.10 Å². The molecule has 1 unspecified atom stereocenters. The molecule has 0 saturated carbocycles. The van der Waals surface area contributed by atoms with Crippen LogP contribution in [0.15, 0.2) is 22.7 Å². The number of aryl methyl sites for hydroxylation is 3. The Kier molecular flexibility index (Phi) is 6.89. The van der Waals surface area contributed by atoms with Gasteiger partial charge in [0, 0.05) is 35.5 Å². The minimum Gasteiger partial charge on any atom is -0.491 e. The van der Waals surface area contributed by atoms with Crippen molar-refractivity contribution in [1.82, 2.24) is 30.6 Å². The standard InChI is InChI=1S/C26H30ClN7O3/c1-13-24(23-15(3)33-37-16(23)4)29-25(30-26(13)34-10-20-14(2)31-32-22(20)11-34)19-8-18(6-7-21(19)27)36-12-17(35)9-28-5/h6-8,17,28,35H,9-12H2,1-5H3,(H,31,32). The lowest BCUT2D eigenvalue weighted by Crippen LogP contribution is -2.29. The molecule has 0 aliphatic carbocycles. The van der Waals surface area contributed by atoms with Crippen LogP contribution >= 0.6 is 11.6 Å². The first-order chi connectivity index (χ1) is 17.8. The van der Waals surface area contributed by atoms with E-state index < -0.39 is 6.10 Å². The molecule has 4 aromatic rings. The number of aromatic nitrogens is 5. The molecule has 1 aliphatic heterocycles. The summed E-state index contributed by atoms with van der Waals surface area (Å²) in [6.07, 6.45) is -0.637. The van der Waals surface area contributed by atoms with E-state index in [0.717, 1.165) is 39.7 Å². The fraction of sp³-hybridized carbons (Fsp3) is 0.385. The van der Waals surface area contributed by atoms with Crippen LogP contribution in [0.1, 0.15) is 34.0 Å². The number of halogens is 1. The topological polar surface area (TPSA) is 125 Å². The first-order valence-electron chi connectivity index (χ1n) is 12.1. The molecular weight excluding hydrogens is 494 g/mol. The number of ether oxygens (including phenoxy) is 1. The predicted octanol–water partition coefficient (Wildman–Crippen LogP) is 3.89. The maximum absolute atomic E-state index is 10.0. The first-order valence-corrected chi connectivity index (χ1v) is 12.5. The number of fused-ring (bicyclic) bond motifs is 1. The van der Waals surface area contributed by atoms with Crippen molar-refractivity contribution >= 4 is 17.4 Å². The smallest absolute Gasteiger partial charge is 0.163 e. The fourth-order valence-electron chi connectivity index (χ4n) is 4.67. The predicted molar refractivity (Wildman–Crippen MR) is 141 cm³/mol. The molecular formula is C26H30ClN7O3. The van der Waals surface area contributed by atoms with Crippen molar-refractivity contribution in [2.45, 2.75) is 46.9 Å². The molecule has 11 heteroatoms. The third kappa shape index (κ3) is 4.79. The molecule has 0 spiro atoms. The number of anilines is 1.